The summed E-state index contributed by atoms with van der Waals surface area (Å²) in [5, 5.41) is 17.1. The van der Waals surface area contributed by atoms with E-state index < -0.39 is 5.97 Å². The van der Waals surface area contributed by atoms with E-state index in [1.54, 1.807) is 21.3 Å². The summed E-state index contributed by atoms with van der Waals surface area (Å²) in [6.07, 6.45) is 5.14. The Balaban J connectivity index is 2.05. The zero-order chi connectivity index (χ0) is 14.3. The standard InChI is InChI=1S/C13H13N5O2/c1-8(2)18-7-10(15-16-18)9-3-4-12-14-11(13(19)20)6-17(12)5-9/h3-8H,1-2H3,(H,19,20). The smallest absolute Gasteiger partial charge is 0.356 e. The lowest BCUT2D eigenvalue weighted by Gasteiger charge is -2.01. The number of carboxylic acid groups (broad SMARTS) is 1. The molecule has 0 radical (unpaired) electrons. The number of rotatable bonds is 3. The molecule has 0 aliphatic rings. The van der Waals surface area contributed by atoms with Gasteiger partial charge in [0, 0.05) is 24.0 Å². The highest BCUT2D eigenvalue weighted by molar-refractivity contribution is 5.86. The third-order valence-corrected chi connectivity index (χ3v) is 3.01. The molecule has 7 nitrogen and oxygen atoms in total. The summed E-state index contributed by atoms with van der Waals surface area (Å²) in [6.45, 7) is 4.05. The summed E-state index contributed by atoms with van der Waals surface area (Å²) in [7, 11) is 0. The first-order valence-electron chi connectivity index (χ1n) is 6.19. The van der Waals surface area contributed by atoms with Crippen LogP contribution in [0, 0.1) is 0 Å². The number of aromatic nitrogens is 5. The minimum absolute atomic E-state index is 0.0213. The summed E-state index contributed by atoms with van der Waals surface area (Å²) in [4.78, 5) is 14.9. The van der Waals surface area contributed by atoms with Crippen LogP contribution in [0.5, 0.6) is 0 Å². The molecule has 0 aromatic carbocycles. The van der Waals surface area contributed by atoms with Crippen molar-refractivity contribution in [2.75, 3.05) is 0 Å². The molecular formula is C13H13N5O2. The molecule has 0 atom stereocenters. The van der Waals surface area contributed by atoms with E-state index in [4.69, 9.17) is 5.11 Å². The van der Waals surface area contributed by atoms with Gasteiger partial charge in [-0.2, -0.15) is 0 Å². The van der Waals surface area contributed by atoms with Crippen LogP contribution in [0.15, 0.2) is 30.7 Å². The van der Waals surface area contributed by atoms with Crippen LogP contribution < -0.4 is 0 Å². The van der Waals surface area contributed by atoms with Crippen LogP contribution in [0.25, 0.3) is 16.9 Å². The monoisotopic (exact) mass is 271 g/mol. The molecule has 1 N–H and O–H groups in total. The first-order chi connectivity index (χ1) is 9.54. The molecule has 0 saturated carbocycles. The third-order valence-electron chi connectivity index (χ3n) is 3.01. The summed E-state index contributed by atoms with van der Waals surface area (Å²) < 4.78 is 3.45. The molecule has 7 heteroatoms. The lowest BCUT2D eigenvalue weighted by Crippen LogP contribution is -2.00. The number of hydrogen-bond acceptors (Lipinski definition) is 4. The molecule has 3 aromatic heterocycles. The molecule has 3 rings (SSSR count). The average Bonchev–Trinajstić information content (AvgIpc) is 3.04. The summed E-state index contributed by atoms with van der Waals surface area (Å²) >= 11 is 0. The fourth-order valence-electron chi connectivity index (χ4n) is 1.91. The fourth-order valence-corrected chi connectivity index (χ4v) is 1.91. The van der Waals surface area contributed by atoms with Crippen molar-refractivity contribution in [2.45, 2.75) is 19.9 Å². The highest BCUT2D eigenvalue weighted by atomic mass is 16.4. The molecule has 0 unspecified atom stereocenters. The second-order valence-corrected chi connectivity index (χ2v) is 4.79. The van der Waals surface area contributed by atoms with Gasteiger partial charge in [-0.25, -0.2) is 14.5 Å². The normalized spacial score (nSPS) is 11.3. The Morgan fingerprint density at radius 1 is 1.25 bits per heavy atom. The molecule has 0 amide bonds. The van der Waals surface area contributed by atoms with Gasteiger partial charge in [0.2, 0.25) is 0 Å². The maximum atomic E-state index is 10.9. The predicted molar refractivity (Wildman–Crippen MR) is 71.6 cm³/mol. The summed E-state index contributed by atoms with van der Waals surface area (Å²) in [5.41, 5.74) is 2.21. The number of fused-ring (bicyclic) bond motifs is 1. The maximum absolute atomic E-state index is 10.9. The highest BCUT2D eigenvalue weighted by Crippen LogP contribution is 2.18. The SMILES string of the molecule is CC(C)n1cc(-c2ccc3nc(C(=O)O)cn3c2)nn1. The van der Waals surface area contributed by atoms with Crippen molar-refractivity contribution in [1.29, 1.82) is 0 Å². The Bertz CT molecular complexity index is 787. The van der Waals surface area contributed by atoms with E-state index >= 15 is 0 Å². The minimum Gasteiger partial charge on any atom is -0.476 e. The zero-order valence-corrected chi connectivity index (χ0v) is 11.1. The van der Waals surface area contributed by atoms with E-state index in [2.05, 4.69) is 15.3 Å². The molecule has 0 bridgehead atoms. The molecule has 0 saturated heterocycles. The van der Waals surface area contributed by atoms with Gasteiger partial charge in [-0.15, -0.1) is 5.10 Å². The van der Waals surface area contributed by atoms with Crippen LogP contribution in [0.3, 0.4) is 0 Å². The van der Waals surface area contributed by atoms with Gasteiger partial charge in [0.05, 0.1) is 6.20 Å². The van der Waals surface area contributed by atoms with Crippen molar-refractivity contribution in [3.05, 3.63) is 36.4 Å². The number of hydrogen-bond donors (Lipinski definition) is 1. The van der Waals surface area contributed by atoms with Crippen molar-refractivity contribution >= 4 is 11.6 Å². The second-order valence-electron chi connectivity index (χ2n) is 4.79. The van der Waals surface area contributed by atoms with Crippen molar-refractivity contribution < 1.29 is 9.90 Å². The Morgan fingerprint density at radius 3 is 2.70 bits per heavy atom. The Labute approximate surface area is 114 Å². The largest absolute Gasteiger partial charge is 0.476 e. The Hall–Kier alpha value is -2.70. The van der Waals surface area contributed by atoms with Crippen LogP contribution in [0.2, 0.25) is 0 Å². The van der Waals surface area contributed by atoms with E-state index in [1.807, 2.05) is 26.1 Å². The molecular weight excluding hydrogens is 258 g/mol. The van der Waals surface area contributed by atoms with Gasteiger partial charge in [0.25, 0.3) is 0 Å². The van der Waals surface area contributed by atoms with Crippen LogP contribution in [-0.2, 0) is 0 Å². The number of nitrogens with zero attached hydrogens (tertiary/aromatic N) is 5. The number of carboxylic acids is 1. The molecule has 0 spiro atoms. The molecule has 20 heavy (non-hydrogen) atoms. The number of imidazole rings is 1. The quantitative estimate of drug-likeness (QED) is 0.786. The lowest BCUT2D eigenvalue weighted by molar-refractivity contribution is 0.0691. The first-order valence-corrected chi connectivity index (χ1v) is 6.19. The van der Waals surface area contributed by atoms with Crippen molar-refractivity contribution in [3.8, 4) is 11.3 Å². The average molecular weight is 271 g/mol. The van der Waals surface area contributed by atoms with Gasteiger partial charge in [-0.1, -0.05) is 5.21 Å². The second kappa shape index (κ2) is 4.44. The Kier molecular flexibility index (Phi) is 2.74. The molecule has 3 heterocycles. The van der Waals surface area contributed by atoms with E-state index in [1.165, 1.54) is 6.20 Å². The van der Waals surface area contributed by atoms with Crippen LogP contribution in [0.4, 0.5) is 0 Å². The topological polar surface area (TPSA) is 85.3 Å². The van der Waals surface area contributed by atoms with Crippen molar-refractivity contribution in [1.82, 2.24) is 24.4 Å². The van der Waals surface area contributed by atoms with Gasteiger partial charge in [-0.05, 0) is 26.0 Å². The number of aromatic carboxylic acids is 1. The fraction of sp³-hybridized carbons (Fsp3) is 0.231. The van der Waals surface area contributed by atoms with Crippen molar-refractivity contribution in [2.24, 2.45) is 0 Å². The predicted octanol–water partition coefficient (Wildman–Crippen LogP) is 1.87. The van der Waals surface area contributed by atoms with Gasteiger partial charge in [0.1, 0.15) is 11.3 Å². The molecule has 102 valence electrons. The van der Waals surface area contributed by atoms with Crippen molar-refractivity contribution in [3.63, 3.8) is 0 Å². The zero-order valence-electron chi connectivity index (χ0n) is 11.1. The highest BCUT2D eigenvalue weighted by Gasteiger charge is 2.11. The molecule has 0 aliphatic carbocycles. The van der Waals surface area contributed by atoms with Crippen LogP contribution in [0.1, 0.15) is 30.4 Å². The molecule has 0 aliphatic heterocycles. The van der Waals surface area contributed by atoms with E-state index in [0.717, 1.165) is 11.3 Å². The maximum Gasteiger partial charge on any atom is 0.356 e. The lowest BCUT2D eigenvalue weighted by atomic mass is 10.2. The van der Waals surface area contributed by atoms with Gasteiger partial charge in [-0.3, -0.25) is 0 Å². The van der Waals surface area contributed by atoms with Gasteiger partial charge in [0.15, 0.2) is 5.69 Å². The minimum atomic E-state index is -1.04. The summed E-state index contributed by atoms with van der Waals surface area (Å²) in [6, 6.07) is 3.85. The molecule has 3 aromatic rings. The van der Waals surface area contributed by atoms with E-state index in [-0.39, 0.29) is 11.7 Å². The van der Waals surface area contributed by atoms with Crippen LogP contribution >= 0.6 is 0 Å². The number of pyridine rings is 1. The molecule has 0 fully saturated rings. The number of carbonyl (C=O) groups is 1. The first kappa shape index (κ1) is 12.3. The summed E-state index contributed by atoms with van der Waals surface area (Å²) in [5.74, 6) is -1.04. The van der Waals surface area contributed by atoms with E-state index in [9.17, 15) is 4.79 Å². The van der Waals surface area contributed by atoms with E-state index in [0.29, 0.717) is 5.65 Å². The third kappa shape index (κ3) is 2.03. The van der Waals surface area contributed by atoms with Crippen LogP contribution in [-0.4, -0.2) is 35.5 Å². The van der Waals surface area contributed by atoms with Gasteiger partial charge >= 0.3 is 5.97 Å². The Morgan fingerprint density at radius 2 is 2.05 bits per heavy atom. The van der Waals surface area contributed by atoms with Gasteiger partial charge < -0.3 is 9.51 Å².